The first kappa shape index (κ1) is 18.6. The van der Waals surface area contributed by atoms with Gasteiger partial charge in [-0.1, -0.05) is 26.0 Å². The van der Waals surface area contributed by atoms with E-state index in [0.29, 0.717) is 5.69 Å². The van der Waals surface area contributed by atoms with Crippen molar-refractivity contribution in [2.45, 2.75) is 25.8 Å². The van der Waals surface area contributed by atoms with Gasteiger partial charge in [-0.25, -0.2) is 0 Å². The molecule has 3 aromatic rings. The van der Waals surface area contributed by atoms with Gasteiger partial charge in [-0.15, -0.1) is 0 Å². The van der Waals surface area contributed by atoms with Crippen molar-refractivity contribution in [3.05, 3.63) is 77.4 Å². The number of benzene rings is 1. The summed E-state index contributed by atoms with van der Waals surface area (Å²) in [6.07, 6.45) is 3.44. The van der Waals surface area contributed by atoms with Crippen LogP contribution in [-0.2, 0) is 7.05 Å². The van der Waals surface area contributed by atoms with Crippen LogP contribution in [-0.4, -0.2) is 27.8 Å². The number of methoxy groups -OCH3 is 1. The van der Waals surface area contributed by atoms with E-state index >= 15 is 0 Å². The van der Waals surface area contributed by atoms with Gasteiger partial charge in [0.2, 0.25) is 0 Å². The molecule has 0 aliphatic carbocycles. The highest BCUT2D eigenvalue weighted by Gasteiger charge is 2.21. The number of rotatable bonds is 6. The Hall–Kier alpha value is -3.15. The zero-order valence-corrected chi connectivity index (χ0v) is 16.0. The molecule has 0 saturated heterocycles. The van der Waals surface area contributed by atoms with Crippen molar-refractivity contribution < 1.29 is 9.53 Å². The standard InChI is InChI=1S/C21H24N4O2/c1-14(2)18-13-19(25(3)24-18)21(26)23-20(16-9-11-22-12-10-16)15-5-7-17(27-4)8-6-15/h5-14,20H,1-4H3,(H,23,26). The van der Waals surface area contributed by atoms with Gasteiger partial charge in [0.25, 0.3) is 5.91 Å². The molecular formula is C21H24N4O2. The molecule has 0 radical (unpaired) electrons. The van der Waals surface area contributed by atoms with Crippen LogP contribution >= 0.6 is 0 Å². The van der Waals surface area contributed by atoms with E-state index in [9.17, 15) is 4.79 Å². The monoisotopic (exact) mass is 364 g/mol. The van der Waals surface area contributed by atoms with Crippen LogP contribution in [0, 0.1) is 0 Å². The molecule has 2 heterocycles. The zero-order valence-electron chi connectivity index (χ0n) is 16.0. The number of hydrogen-bond donors (Lipinski definition) is 1. The molecule has 27 heavy (non-hydrogen) atoms. The SMILES string of the molecule is COc1ccc(C(NC(=O)c2cc(C(C)C)nn2C)c2ccncc2)cc1. The van der Waals surface area contributed by atoms with Gasteiger partial charge in [-0.2, -0.15) is 5.10 Å². The average molecular weight is 364 g/mol. The maximum Gasteiger partial charge on any atom is 0.270 e. The number of hydrogen-bond acceptors (Lipinski definition) is 4. The van der Waals surface area contributed by atoms with Crippen LogP contribution in [0.15, 0.2) is 54.9 Å². The van der Waals surface area contributed by atoms with Crippen LogP contribution in [0.1, 0.15) is 53.1 Å². The highest BCUT2D eigenvalue weighted by Crippen LogP contribution is 2.24. The molecule has 1 N–H and O–H groups in total. The lowest BCUT2D eigenvalue weighted by Crippen LogP contribution is -2.30. The van der Waals surface area contributed by atoms with E-state index in [4.69, 9.17) is 4.74 Å². The molecule has 1 aromatic carbocycles. The number of nitrogens with one attached hydrogen (secondary N) is 1. The number of aryl methyl sites for hydroxylation is 1. The van der Waals surface area contributed by atoms with Crippen molar-refractivity contribution in [2.75, 3.05) is 7.11 Å². The number of carbonyl (C=O) groups is 1. The third-order valence-corrected chi connectivity index (χ3v) is 4.49. The van der Waals surface area contributed by atoms with E-state index in [1.807, 2.05) is 42.5 Å². The normalized spacial score (nSPS) is 12.0. The van der Waals surface area contributed by atoms with Crippen LogP contribution in [0.3, 0.4) is 0 Å². The molecule has 1 unspecified atom stereocenters. The first-order valence-electron chi connectivity index (χ1n) is 8.88. The van der Waals surface area contributed by atoms with Crippen molar-refractivity contribution in [2.24, 2.45) is 7.05 Å². The maximum atomic E-state index is 13.0. The maximum absolute atomic E-state index is 13.0. The fourth-order valence-corrected chi connectivity index (χ4v) is 2.90. The van der Waals surface area contributed by atoms with Crippen molar-refractivity contribution in [3.63, 3.8) is 0 Å². The van der Waals surface area contributed by atoms with Crippen molar-refractivity contribution in [1.82, 2.24) is 20.1 Å². The molecule has 140 valence electrons. The summed E-state index contributed by atoms with van der Waals surface area (Å²) in [5.74, 6) is 0.858. The van der Waals surface area contributed by atoms with Crippen molar-refractivity contribution in [3.8, 4) is 5.75 Å². The van der Waals surface area contributed by atoms with Gasteiger partial charge in [-0.3, -0.25) is 14.5 Å². The largest absolute Gasteiger partial charge is 0.497 e. The Balaban J connectivity index is 1.92. The predicted molar refractivity (Wildman–Crippen MR) is 104 cm³/mol. The summed E-state index contributed by atoms with van der Waals surface area (Å²) in [5, 5.41) is 7.56. The van der Waals surface area contributed by atoms with Gasteiger partial charge >= 0.3 is 0 Å². The number of amides is 1. The Bertz CT molecular complexity index is 902. The van der Waals surface area contributed by atoms with Gasteiger partial charge in [0.15, 0.2) is 0 Å². The van der Waals surface area contributed by atoms with E-state index in [1.54, 1.807) is 31.2 Å². The molecule has 0 saturated carbocycles. The molecule has 3 rings (SSSR count). The zero-order chi connectivity index (χ0) is 19.4. The second-order valence-electron chi connectivity index (χ2n) is 6.69. The summed E-state index contributed by atoms with van der Waals surface area (Å²) >= 11 is 0. The topological polar surface area (TPSA) is 69.0 Å². The molecule has 1 atom stereocenters. The minimum atomic E-state index is -0.302. The fourth-order valence-electron chi connectivity index (χ4n) is 2.90. The third kappa shape index (κ3) is 4.16. The highest BCUT2D eigenvalue weighted by atomic mass is 16.5. The summed E-state index contributed by atoms with van der Waals surface area (Å²) < 4.78 is 6.86. The number of ether oxygens (including phenoxy) is 1. The number of carbonyl (C=O) groups excluding carboxylic acids is 1. The molecule has 0 aliphatic heterocycles. The van der Waals surface area contributed by atoms with Crippen molar-refractivity contribution >= 4 is 5.91 Å². The highest BCUT2D eigenvalue weighted by molar-refractivity contribution is 5.93. The third-order valence-electron chi connectivity index (χ3n) is 4.49. The fraction of sp³-hybridized carbons (Fsp3) is 0.286. The predicted octanol–water partition coefficient (Wildman–Crippen LogP) is 3.47. The van der Waals surface area contributed by atoms with Crippen LogP contribution < -0.4 is 10.1 Å². The lowest BCUT2D eigenvalue weighted by molar-refractivity contribution is 0.0933. The molecule has 6 heteroatoms. The van der Waals surface area contributed by atoms with E-state index in [0.717, 1.165) is 22.6 Å². The summed E-state index contributed by atoms with van der Waals surface area (Å²) in [6, 6.07) is 13.0. The van der Waals surface area contributed by atoms with E-state index < -0.39 is 0 Å². The molecule has 0 fully saturated rings. The Morgan fingerprint density at radius 1 is 1.07 bits per heavy atom. The van der Waals surface area contributed by atoms with Gasteiger partial charge in [0.05, 0.1) is 18.8 Å². The van der Waals surface area contributed by atoms with Gasteiger partial charge in [0.1, 0.15) is 11.4 Å². The minimum absolute atomic E-state index is 0.172. The smallest absolute Gasteiger partial charge is 0.270 e. The van der Waals surface area contributed by atoms with E-state index in [1.165, 1.54) is 0 Å². The van der Waals surface area contributed by atoms with E-state index in [2.05, 4.69) is 29.2 Å². The molecule has 6 nitrogen and oxygen atoms in total. The summed E-state index contributed by atoms with van der Waals surface area (Å²) in [7, 11) is 3.42. The Morgan fingerprint density at radius 2 is 1.70 bits per heavy atom. The molecule has 0 spiro atoms. The number of nitrogens with zero attached hydrogens (tertiary/aromatic N) is 3. The van der Waals surface area contributed by atoms with Gasteiger partial charge in [-0.05, 0) is 47.4 Å². The quantitative estimate of drug-likeness (QED) is 0.727. The van der Waals surface area contributed by atoms with Gasteiger partial charge in [0, 0.05) is 19.4 Å². The minimum Gasteiger partial charge on any atom is -0.497 e. The van der Waals surface area contributed by atoms with Crippen LogP contribution in [0.4, 0.5) is 0 Å². The Kier molecular flexibility index (Phi) is 5.54. The molecule has 0 aliphatic rings. The second kappa shape index (κ2) is 8.03. The van der Waals surface area contributed by atoms with Gasteiger partial charge < -0.3 is 10.1 Å². The lowest BCUT2D eigenvalue weighted by Gasteiger charge is -2.20. The number of pyridine rings is 1. The van der Waals surface area contributed by atoms with Crippen LogP contribution in [0.25, 0.3) is 0 Å². The Morgan fingerprint density at radius 3 is 2.26 bits per heavy atom. The first-order valence-corrected chi connectivity index (χ1v) is 8.88. The summed E-state index contributed by atoms with van der Waals surface area (Å²) in [6.45, 7) is 4.11. The van der Waals surface area contributed by atoms with Crippen LogP contribution in [0.5, 0.6) is 5.75 Å². The Labute approximate surface area is 159 Å². The van der Waals surface area contributed by atoms with Crippen LogP contribution in [0.2, 0.25) is 0 Å². The summed E-state index contributed by atoms with van der Waals surface area (Å²) in [4.78, 5) is 17.0. The molecular weight excluding hydrogens is 340 g/mol. The number of aromatic nitrogens is 3. The molecule has 0 bridgehead atoms. The average Bonchev–Trinajstić information content (AvgIpc) is 3.09. The van der Waals surface area contributed by atoms with Crippen molar-refractivity contribution in [1.29, 1.82) is 0 Å². The second-order valence-corrected chi connectivity index (χ2v) is 6.69. The lowest BCUT2D eigenvalue weighted by atomic mass is 9.99. The molecule has 2 aromatic heterocycles. The summed E-state index contributed by atoms with van der Waals surface area (Å²) in [5.41, 5.74) is 3.34. The van der Waals surface area contributed by atoms with E-state index in [-0.39, 0.29) is 17.9 Å². The first-order chi connectivity index (χ1) is 13.0. The molecule has 1 amide bonds.